The third-order valence-electron chi connectivity index (χ3n) is 2.07. The number of carbonyl (C=O) groups excluding carboxylic acids is 1. The number of nitrogens with one attached hydrogen (secondary N) is 1. The van der Waals surface area contributed by atoms with Gasteiger partial charge in [0, 0.05) is 11.0 Å². The molecule has 0 aliphatic heterocycles. The highest BCUT2D eigenvalue weighted by molar-refractivity contribution is 5.88. The monoisotopic (exact) mass is 211 g/mol. The van der Waals surface area contributed by atoms with Crippen LogP contribution in [0.3, 0.4) is 0 Å². The minimum atomic E-state index is -0.300. The Bertz CT molecular complexity index is 230. The third-order valence-corrected chi connectivity index (χ3v) is 2.07. The van der Waals surface area contributed by atoms with Crippen LogP contribution in [-0.2, 0) is 4.79 Å². The van der Waals surface area contributed by atoms with E-state index in [0.29, 0.717) is 6.42 Å². The predicted octanol–water partition coefficient (Wildman–Crippen LogP) is 2.93. The minimum absolute atomic E-state index is 0.0470. The van der Waals surface area contributed by atoms with E-state index in [-0.39, 0.29) is 22.8 Å². The molecule has 0 aromatic rings. The Kier molecular flexibility index (Phi) is 4.72. The van der Waals surface area contributed by atoms with Crippen LogP contribution in [0.2, 0.25) is 0 Å². The quantitative estimate of drug-likeness (QED) is 0.724. The van der Waals surface area contributed by atoms with Gasteiger partial charge in [-0.15, -0.1) is 6.58 Å². The lowest BCUT2D eigenvalue weighted by atomic mass is 9.84. The van der Waals surface area contributed by atoms with E-state index in [2.05, 4.69) is 32.7 Å². The van der Waals surface area contributed by atoms with Crippen LogP contribution in [0.1, 0.15) is 48.0 Å². The van der Waals surface area contributed by atoms with Crippen LogP contribution >= 0.6 is 0 Å². The van der Waals surface area contributed by atoms with E-state index in [1.165, 1.54) is 0 Å². The van der Waals surface area contributed by atoms with Crippen LogP contribution < -0.4 is 5.32 Å². The van der Waals surface area contributed by atoms with E-state index in [4.69, 9.17) is 0 Å². The van der Waals surface area contributed by atoms with Gasteiger partial charge in [-0.3, -0.25) is 4.79 Å². The van der Waals surface area contributed by atoms with Gasteiger partial charge in [0.25, 0.3) is 0 Å². The number of Topliss-reactive ketones (excluding diaryl/α,β-unsaturated/α-hetero) is 1. The number of carbonyl (C=O) groups is 1. The first-order valence-corrected chi connectivity index (χ1v) is 5.51. The molecule has 0 saturated heterocycles. The smallest absolute Gasteiger partial charge is 0.155 e. The number of hydrogen-bond acceptors (Lipinski definition) is 2. The molecule has 0 radical (unpaired) electrons. The molecule has 0 aliphatic rings. The molecule has 1 unspecified atom stereocenters. The summed E-state index contributed by atoms with van der Waals surface area (Å²) in [5.41, 5.74) is -0.347. The maximum Gasteiger partial charge on any atom is 0.155 e. The van der Waals surface area contributed by atoms with Gasteiger partial charge in [-0.05, 0) is 27.2 Å². The molecule has 1 N–H and O–H groups in total. The van der Waals surface area contributed by atoms with Crippen LogP contribution in [0.4, 0.5) is 0 Å². The van der Waals surface area contributed by atoms with Crippen LogP contribution in [-0.4, -0.2) is 17.4 Å². The second-order valence-corrected chi connectivity index (χ2v) is 6.09. The van der Waals surface area contributed by atoms with E-state index in [9.17, 15) is 4.79 Å². The van der Waals surface area contributed by atoms with Crippen LogP contribution in [0.25, 0.3) is 0 Å². The lowest BCUT2D eigenvalue weighted by Crippen LogP contribution is -2.50. The maximum absolute atomic E-state index is 12.1. The molecule has 88 valence electrons. The van der Waals surface area contributed by atoms with Crippen molar-refractivity contribution in [3.63, 3.8) is 0 Å². The van der Waals surface area contributed by atoms with Crippen molar-refractivity contribution in [2.24, 2.45) is 5.41 Å². The van der Waals surface area contributed by atoms with Crippen LogP contribution in [0, 0.1) is 5.41 Å². The number of rotatable bonds is 4. The fourth-order valence-electron chi connectivity index (χ4n) is 1.44. The molecule has 0 amide bonds. The van der Waals surface area contributed by atoms with Gasteiger partial charge in [0.1, 0.15) is 0 Å². The summed E-state index contributed by atoms with van der Waals surface area (Å²) in [5, 5.41) is 3.34. The largest absolute Gasteiger partial charge is 0.302 e. The Balaban J connectivity index is 4.67. The molecule has 1 atom stereocenters. The number of ketones is 1. The molecule has 15 heavy (non-hydrogen) atoms. The molecule has 0 bridgehead atoms. The van der Waals surface area contributed by atoms with Crippen molar-refractivity contribution < 1.29 is 4.79 Å². The highest BCUT2D eigenvalue weighted by Gasteiger charge is 2.30. The second kappa shape index (κ2) is 4.93. The first-order valence-electron chi connectivity index (χ1n) is 5.51. The first-order chi connectivity index (χ1) is 6.58. The van der Waals surface area contributed by atoms with Gasteiger partial charge >= 0.3 is 0 Å². The molecule has 0 fully saturated rings. The Morgan fingerprint density at radius 1 is 1.27 bits per heavy atom. The van der Waals surface area contributed by atoms with Gasteiger partial charge in [-0.2, -0.15) is 0 Å². The molecule has 0 heterocycles. The summed E-state index contributed by atoms with van der Waals surface area (Å²) < 4.78 is 0. The molecule has 0 spiro atoms. The average Bonchev–Trinajstić information content (AvgIpc) is 1.98. The molecule has 0 rings (SSSR count). The van der Waals surface area contributed by atoms with E-state index >= 15 is 0 Å². The molecule has 0 saturated carbocycles. The zero-order chi connectivity index (χ0) is 12.3. The van der Waals surface area contributed by atoms with Crippen molar-refractivity contribution in [1.82, 2.24) is 5.32 Å². The molecule has 0 aromatic carbocycles. The molecule has 0 aliphatic carbocycles. The highest BCUT2D eigenvalue weighted by Crippen LogP contribution is 2.19. The lowest BCUT2D eigenvalue weighted by molar-refractivity contribution is -0.128. The van der Waals surface area contributed by atoms with E-state index < -0.39 is 0 Å². The molecular weight excluding hydrogens is 186 g/mol. The van der Waals surface area contributed by atoms with Crippen molar-refractivity contribution in [3.8, 4) is 0 Å². The van der Waals surface area contributed by atoms with Crippen LogP contribution in [0.5, 0.6) is 0 Å². The van der Waals surface area contributed by atoms with Crippen molar-refractivity contribution in [1.29, 1.82) is 0 Å². The molecule has 0 aromatic heterocycles. The van der Waals surface area contributed by atoms with Crippen molar-refractivity contribution in [3.05, 3.63) is 12.7 Å². The minimum Gasteiger partial charge on any atom is -0.302 e. The average molecular weight is 211 g/mol. The lowest BCUT2D eigenvalue weighted by Gasteiger charge is -2.31. The summed E-state index contributed by atoms with van der Waals surface area (Å²) in [7, 11) is 0. The Morgan fingerprint density at radius 2 is 1.73 bits per heavy atom. The summed E-state index contributed by atoms with van der Waals surface area (Å²) in [4.78, 5) is 12.1. The van der Waals surface area contributed by atoms with Gasteiger partial charge in [-0.1, -0.05) is 26.8 Å². The second-order valence-electron chi connectivity index (χ2n) is 6.09. The summed E-state index contributed by atoms with van der Waals surface area (Å²) in [6.07, 6.45) is 2.49. The zero-order valence-electron chi connectivity index (χ0n) is 11.0. The summed E-state index contributed by atoms with van der Waals surface area (Å²) in [6, 6.07) is -0.123. The summed E-state index contributed by atoms with van der Waals surface area (Å²) in [6.45, 7) is 15.8. The van der Waals surface area contributed by atoms with Gasteiger partial charge in [0.05, 0.1) is 6.04 Å². The predicted molar refractivity (Wildman–Crippen MR) is 66.0 cm³/mol. The fraction of sp³-hybridized carbons (Fsp3) is 0.769. The molecule has 2 heteroatoms. The third kappa shape index (κ3) is 5.73. The Labute approximate surface area is 94.1 Å². The summed E-state index contributed by atoms with van der Waals surface area (Å²) >= 11 is 0. The van der Waals surface area contributed by atoms with E-state index in [0.717, 1.165) is 0 Å². The van der Waals surface area contributed by atoms with E-state index in [1.54, 1.807) is 6.08 Å². The van der Waals surface area contributed by atoms with Crippen molar-refractivity contribution in [2.45, 2.75) is 59.5 Å². The van der Waals surface area contributed by atoms with Gasteiger partial charge in [-0.25, -0.2) is 0 Å². The summed E-state index contributed by atoms with van der Waals surface area (Å²) in [5.74, 6) is 0.248. The van der Waals surface area contributed by atoms with Gasteiger partial charge < -0.3 is 5.32 Å². The highest BCUT2D eigenvalue weighted by atomic mass is 16.1. The van der Waals surface area contributed by atoms with Gasteiger partial charge in [0.2, 0.25) is 0 Å². The van der Waals surface area contributed by atoms with Crippen LogP contribution in [0.15, 0.2) is 12.7 Å². The number of hydrogen-bond donors (Lipinski definition) is 1. The zero-order valence-corrected chi connectivity index (χ0v) is 11.0. The van der Waals surface area contributed by atoms with Crippen molar-refractivity contribution >= 4 is 5.78 Å². The van der Waals surface area contributed by atoms with Crippen molar-refractivity contribution in [2.75, 3.05) is 0 Å². The standard InChI is InChI=1S/C13H25NO/c1-8-9-10(14-13(5,6)7)11(15)12(2,3)4/h8,10,14H,1,9H2,2-7H3. The fourth-order valence-corrected chi connectivity index (χ4v) is 1.44. The van der Waals surface area contributed by atoms with E-state index in [1.807, 2.05) is 20.8 Å². The maximum atomic E-state index is 12.1. The Morgan fingerprint density at radius 3 is 2.00 bits per heavy atom. The molecule has 2 nitrogen and oxygen atoms in total. The Hall–Kier alpha value is -0.630. The topological polar surface area (TPSA) is 29.1 Å². The first kappa shape index (κ1) is 14.4. The van der Waals surface area contributed by atoms with Gasteiger partial charge in [0.15, 0.2) is 5.78 Å². The normalized spacial score (nSPS) is 14.8. The SMILES string of the molecule is C=CCC(NC(C)(C)C)C(=O)C(C)(C)C. The molecular formula is C13H25NO.